The number of fused-ring (bicyclic) bond motifs is 1. The molecule has 1 aromatic carbocycles. The number of halogens is 1. The van der Waals surface area contributed by atoms with Crippen molar-refractivity contribution in [3.05, 3.63) is 59.9 Å². The second-order valence-corrected chi connectivity index (χ2v) is 7.11. The molecule has 0 spiro atoms. The fourth-order valence-electron chi connectivity index (χ4n) is 2.15. The van der Waals surface area contributed by atoms with Gasteiger partial charge in [-0.3, -0.25) is 10.4 Å². The van der Waals surface area contributed by atoms with Crippen LogP contribution in [0, 0.1) is 6.92 Å². The molecule has 3 aromatic rings. The van der Waals surface area contributed by atoms with Crippen LogP contribution in [0.3, 0.4) is 0 Å². The predicted octanol–water partition coefficient (Wildman–Crippen LogP) is 4.13. The van der Waals surface area contributed by atoms with Crippen molar-refractivity contribution in [2.75, 3.05) is 5.43 Å². The van der Waals surface area contributed by atoms with Gasteiger partial charge in [0.25, 0.3) is 0 Å². The molecule has 1 unspecified atom stereocenters. The first-order valence-corrected chi connectivity index (χ1v) is 9.22. The maximum absolute atomic E-state index is 6.12. The van der Waals surface area contributed by atoms with Gasteiger partial charge in [0.05, 0.1) is 5.52 Å². The first-order chi connectivity index (χ1) is 12.5. The van der Waals surface area contributed by atoms with Gasteiger partial charge in [0.1, 0.15) is 11.0 Å². The van der Waals surface area contributed by atoms with E-state index in [4.69, 9.17) is 11.6 Å². The van der Waals surface area contributed by atoms with E-state index in [0.29, 0.717) is 16.1 Å². The fraction of sp³-hybridized carbons (Fsp3) is 0.167. The number of anilines is 1. The third-order valence-electron chi connectivity index (χ3n) is 3.53. The van der Waals surface area contributed by atoms with Crippen molar-refractivity contribution in [2.24, 2.45) is 0 Å². The first-order valence-electron chi connectivity index (χ1n) is 8.02. The summed E-state index contributed by atoms with van der Waals surface area (Å²) in [6, 6.07) is 11.9. The molecule has 3 rings (SSSR count). The van der Waals surface area contributed by atoms with Crippen LogP contribution in [0.1, 0.15) is 12.6 Å². The Labute approximate surface area is 161 Å². The van der Waals surface area contributed by atoms with E-state index < -0.39 is 0 Å². The maximum Gasteiger partial charge on any atom is 0.195 e. The van der Waals surface area contributed by atoms with E-state index in [1.165, 1.54) is 11.8 Å². The number of benzene rings is 1. The molecule has 0 bridgehead atoms. The molecule has 0 saturated heterocycles. The lowest BCUT2D eigenvalue weighted by atomic mass is 10.2. The van der Waals surface area contributed by atoms with Gasteiger partial charge in [-0.05, 0) is 49.9 Å². The number of aromatic nitrogens is 3. The Morgan fingerprint density at radius 1 is 1.15 bits per heavy atom. The van der Waals surface area contributed by atoms with E-state index in [1.807, 2.05) is 32.0 Å². The molecule has 8 heteroatoms. The van der Waals surface area contributed by atoms with Gasteiger partial charge in [0.2, 0.25) is 0 Å². The Bertz CT molecular complexity index is 933. The minimum atomic E-state index is 0.100. The van der Waals surface area contributed by atoms with E-state index >= 15 is 0 Å². The number of aryl methyl sites for hydroxylation is 1. The van der Waals surface area contributed by atoms with Crippen molar-refractivity contribution in [1.82, 2.24) is 25.9 Å². The van der Waals surface area contributed by atoms with E-state index in [-0.39, 0.29) is 6.04 Å². The number of nitrogens with zero attached hydrogens (tertiary/aromatic N) is 3. The fourth-order valence-corrected chi connectivity index (χ4v) is 3.21. The Morgan fingerprint density at radius 3 is 2.81 bits per heavy atom. The van der Waals surface area contributed by atoms with Crippen LogP contribution in [-0.4, -0.2) is 21.0 Å². The van der Waals surface area contributed by atoms with Gasteiger partial charge in [-0.2, -0.15) is 5.53 Å². The molecule has 0 fully saturated rings. The Balaban J connectivity index is 1.74. The molecular weight excluding hydrogens is 368 g/mol. The average molecular weight is 387 g/mol. The number of rotatable bonds is 7. The summed E-state index contributed by atoms with van der Waals surface area (Å²) >= 11 is 7.56. The van der Waals surface area contributed by atoms with Crippen LogP contribution in [0.2, 0.25) is 5.15 Å². The molecule has 0 aliphatic heterocycles. The Morgan fingerprint density at radius 2 is 2.00 bits per heavy atom. The molecule has 134 valence electrons. The lowest BCUT2D eigenvalue weighted by Gasteiger charge is -2.12. The molecule has 0 amide bonds. The summed E-state index contributed by atoms with van der Waals surface area (Å²) in [7, 11) is 0. The van der Waals surface area contributed by atoms with Gasteiger partial charge in [-0.25, -0.2) is 15.4 Å². The van der Waals surface area contributed by atoms with Crippen LogP contribution in [-0.2, 0) is 0 Å². The second-order valence-electron chi connectivity index (χ2n) is 5.69. The summed E-state index contributed by atoms with van der Waals surface area (Å²) < 4.78 is 0. The van der Waals surface area contributed by atoms with Crippen LogP contribution >= 0.6 is 23.4 Å². The molecule has 2 aromatic heterocycles. The molecule has 3 N–H and O–H groups in total. The smallest absolute Gasteiger partial charge is 0.195 e. The summed E-state index contributed by atoms with van der Waals surface area (Å²) in [5, 5.41) is 1.99. The molecule has 1 atom stereocenters. The zero-order valence-corrected chi connectivity index (χ0v) is 16.0. The van der Waals surface area contributed by atoms with Crippen molar-refractivity contribution in [2.45, 2.75) is 29.9 Å². The Kier molecular flexibility index (Phi) is 6.05. The number of pyridine rings is 1. The lowest BCUT2D eigenvalue weighted by Crippen LogP contribution is -2.41. The zero-order valence-electron chi connectivity index (χ0n) is 14.5. The van der Waals surface area contributed by atoms with Gasteiger partial charge in [0, 0.05) is 28.1 Å². The number of hydrogen-bond acceptors (Lipinski definition) is 7. The molecule has 26 heavy (non-hydrogen) atoms. The summed E-state index contributed by atoms with van der Waals surface area (Å²) in [5.74, 6) is 0.564. The van der Waals surface area contributed by atoms with E-state index in [0.717, 1.165) is 21.5 Å². The van der Waals surface area contributed by atoms with Gasteiger partial charge >= 0.3 is 0 Å². The lowest BCUT2D eigenvalue weighted by molar-refractivity contribution is 0.545. The van der Waals surface area contributed by atoms with E-state index in [9.17, 15) is 0 Å². The van der Waals surface area contributed by atoms with E-state index in [1.54, 1.807) is 12.1 Å². The third-order valence-corrected chi connectivity index (χ3v) is 4.58. The van der Waals surface area contributed by atoms with Gasteiger partial charge in [-0.1, -0.05) is 23.7 Å². The van der Waals surface area contributed by atoms with Crippen LogP contribution in [0.4, 0.5) is 5.82 Å². The van der Waals surface area contributed by atoms with Gasteiger partial charge in [0.15, 0.2) is 5.16 Å². The minimum absolute atomic E-state index is 0.100. The molecule has 0 aliphatic carbocycles. The van der Waals surface area contributed by atoms with Crippen LogP contribution in [0.5, 0.6) is 0 Å². The summed E-state index contributed by atoms with van der Waals surface area (Å²) in [6.07, 6.45) is 1.78. The highest BCUT2D eigenvalue weighted by Gasteiger charge is 2.07. The second kappa shape index (κ2) is 8.46. The Hall–Kier alpha value is -2.19. The van der Waals surface area contributed by atoms with Crippen molar-refractivity contribution >= 4 is 40.1 Å². The van der Waals surface area contributed by atoms with Crippen molar-refractivity contribution in [3.8, 4) is 0 Å². The normalized spacial score (nSPS) is 12.1. The highest BCUT2D eigenvalue weighted by atomic mass is 35.5. The van der Waals surface area contributed by atoms with Crippen LogP contribution in [0.15, 0.2) is 59.1 Å². The predicted molar refractivity (Wildman–Crippen MR) is 107 cm³/mol. The third kappa shape index (κ3) is 4.92. The number of hydrogen-bond donors (Lipinski definition) is 3. The topological polar surface area (TPSA) is 74.8 Å². The van der Waals surface area contributed by atoms with Gasteiger partial charge < -0.3 is 0 Å². The van der Waals surface area contributed by atoms with Crippen molar-refractivity contribution < 1.29 is 0 Å². The maximum atomic E-state index is 6.12. The molecule has 0 radical (unpaired) electrons. The summed E-state index contributed by atoms with van der Waals surface area (Å²) in [6.45, 7) is 7.65. The number of nitrogens with one attached hydrogen (secondary N) is 3. The molecule has 6 nitrogen and oxygen atoms in total. The molecular formula is C18H19ClN6S. The summed E-state index contributed by atoms with van der Waals surface area (Å²) in [5.41, 5.74) is 10.8. The highest BCUT2D eigenvalue weighted by Crippen LogP contribution is 2.29. The quantitative estimate of drug-likeness (QED) is 0.244. The highest BCUT2D eigenvalue weighted by molar-refractivity contribution is 7.99. The standard InChI is InChI=1S/C18H19ClN6S/c1-4-11(2)23-25-24-17-10-16(19)21-18(22-17)26-14-7-8-15-13(9-14)6-5-12(3)20-15/h4-11,23,25H,1H2,2-3H3,(H,21,22,24). The zero-order chi connectivity index (χ0) is 18.5. The molecule has 0 aliphatic rings. The van der Waals surface area contributed by atoms with Crippen molar-refractivity contribution in [1.29, 1.82) is 0 Å². The monoisotopic (exact) mass is 386 g/mol. The van der Waals surface area contributed by atoms with Crippen LogP contribution < -0.4 is 16.4 Å². The first kappa shape index (κ1) is 18.6. The van der Waals surface area contributed by atoms with Crippen molar-refractivity contribution in [3.63, 3.8) is 0 Å². The molecule has 0 saturated carbocycles. The van der Waals surface area contributed by atoms with E-state index in [2.05, 4.69) is 50.0 Å². The van der Waals surface area contributed by atoms with Crippen LogP contribution in [0.25, 0.3) is 10.9 Å². The minimum Gasteiger partial charge on any atom is -0.292 e. The SMILES string of the molecule is C=CC(C)NNNc1cc(Cl)nc(Sc2ccc3nc(C)ccc3c2)n1. The largest absolute Gasteiger partial charge is 0.292 e. The summed E-state index contributed by atoms with van der Waals surface area (Å²) in [4.78, 5) is 14.3. The van der Waals surface area contributed by atoms with Gasteiger partial charge in [-0.15, -0.1) is 6.58 Å². The average Bonchev–Trinajstić information content (AvgIpc) is 2.61. The number of hydrazine groups is 2. The molecule has 2 heterocycles.